The van der Waals surface area contributed by atoms with Crippen LogP contribution in [0.2, 0.25) is 0 Å². The van der Waals surface area contributed by atoms with E-state index in [1.807, 2.05) is 12.1 Å². The predicted octanol–water partition coefficient (Wildman–Crippen LogP) is 11.8. The van der Waals surface area contributed by atoms with Gasteiger partial charge in [0.05, 0.1) is 68.2 Å². The topological polar surface area (TPSA) is 173 Å². The highest BCUT2D eigenvalue weighted by Gasteiger charge is 2.45. The van der Waals surface area contributed by atoms with E-state index < -0.39 is 55.9 Å². The minimum Gasteiger partial charge on any atom is -0.394 e. The number of halogens is 6. The molecular weight excluding hydrogens is 1100 g/mol. The lowest BCUT2D eigenvalue weighted by atomic mass is 9.81. The number of carbonyl (C=O) groups is 2. The lowest BCUT2D eigenvalue weighted by Gasteiger charge is -2.35. The van der Waals surface area contributed by atoms with Crippen LogP contribution in [0.3, 0.4) is 0 Å². The molecule has 2 aromatic carbocycles. The van der Waals surface area contributed by atoms with E-state index in [0.717, 1.165) is 34.0 Å². The van der Waals surface area contributed by atoms with Crippen LogP contribution in [-0.2, 0) is 32.8 Å². The molecule has 2 aliphatic carbocycles. The van der Waals surface area contributed by atoms with Gasteiger partial charge in [-0.25, -0.2) is 16.8 Å². The number of hydrogen-bond donors (Lipinski definition) is 4. The lowest BCUT2D eigenvalue weighted by Crippen LogP contribution is -2.35. The summed E-state index contributed by atoms with van der Waals surface area (Å²) in [5.41, 5.74) is 3.36. The number of amides is 2. The van der Waals surface area contributed by atoms with Gasteiger partial charge >= 0.3 is 12.4 Å². The second-order valence-corrected chi connectivity index (χ2v) is 28.8. The molecule has 4 atom stereocenters. The van der Waals surface area contributed by atoms with Crippen LogP contribution in [0.1, 0.15) is 168 Å². The Morgan fingerprint density at radius 3 is 1.17 bits per heavy atom. The monoisotopic (exact) mass is 1170 g/mol. The normalized spacial score (nSPS) is 23.1. The Morgan fingerprint density at radius 2 is 0.897 bits per heavy atom. The highest BCUT2D eigenvalue weighted by Crippen LogP contribution is 2.48. The van der Waals surface area contributed by atoms with Crippen LogP contribution < -0.4 is 10.6 Å². The molecule has 2 saturated carbocycles. The third kappa shape index (κ3) is 14.6. The molecule has 12 nitrogen and oxygen atoms in total. The summed E-state index contributed by atoms with van der Waals surface area (Å²) in [7, 11) is -6.69. The number of benzene rings is 2. The smallest absolute Gasteiger partial charge is 0.391 e. The second kappa shape index (κ2) is 25.5. The molecule has 4 aliphatic rings. The van der Waals surface area contributed by atoms with Crippen molar-refractivity contribution < 1.29 is 63.0 Å². The van der Waals surface area contributed by atoms with Gasteiger partial charge < -0.3 is 20.8 Å². The lowest BCUT2D eigenvalue weighted by molar-refractivity contribution is -0.185. The standard InChI is InChI=1S/2C28H37F3N2O4S2/c2*1-4-39(36,37)22-11-7-19(8-12-22)23(16-34)32-27(35)24-13-20-15-33(25(17(2)3)26(20)38-24)14-18-5-9-21(10-6-18)28(29,30)31/h2*7-8,11-13,17-18,21,23,25,34H,4-6,9-10,14-16H2,1-3H3,(H,32,35)/t18?,21?,23-,25+;18?,21?,23-,25-/m00/s1. The number of nitrogens with zero attached hydrogens (tertiary/aromatic N) is 2. The number of sulfone groups is 2. The molecule has 2 aromatic heterocycles. The molecule has 0 spiro atoms. The summed E-state index contributed by atoms with van der Waals surface area (Å²) in [6.07, 6.45) is -5.08. The van der Waals surface area contributed by atoms with Crippen molar-refractivity contribution in [2.75, 3.05) is 37.8 Å². The van der Waals surface area contributed by atoms with E-state index in [9.17, 15) is 63.0 Å². The van der Waals surface area contributed by atoms with E-state index in [4.69, 9.17) is 0 Å². The molecule has 22 heteroatoms. The fourth-order valence-electron chi connectivity index (χ4n) is 11.7. The third-order valence-corrected chi connectivity index (χ3v) is 22.1. The number of nitrogens with one attached hydrogen (secondary N) is 2. The number of fused-ring (bicyclic) bond motifs is 2. The zero-order valence-corrected chi connectivity index (χ0v) is 48.3. The third-order valence-electron chi connectivity index (χ3n) is 16.1. The summed E-state index contributed by atoms with van der Waals surface area (Å²) in [5.74, 6) is -1.96. The van der Waals surface area contributed by atoms with Gasteiger partial charge in [-0.2, -0.15) is 26.3 Å². The molecule has 2 aliphatic heterocycles. The van der Waals surface area contributed by atoms with E-state index in [1.165, 1.54) is 46.9 Å². The zero-order chi connectivity index (χ0) is 57.1. The molecule has 2 amide bonds. The highest BCUT2D eigenvalue weighted by molar-refractivity contribution is 7.91. The summed E-state index contributed by atoms with van der Waals surface area (Å²) >= 11 is 2.86. The summed E-state index contributed by atoms with van der Waals surface area (Å²) < 4.78 is 127. The first kappa shape index (κ1) is 61.7. The van der Waals surface area contributed by atoms with Crippen molar-refractivity contribution in [1.29, 1.82) is 0 Å². The molecule has 2 fully saturated rings. The number of carbonyl (C=O) groups excluding carboxylic acids is 2. The van der Waals surface area contributed by atoms with Crippen molar-refractivity contribution in [3.63, 3.8) is 0 Å². The average Bonchev–Trinajstić information content (AvgIpc) is 4.23. The minimum absolute atomic E-state index is 0.0104. The summed E-state index contributed by atoms with van der Waals surface area (Å²) in [5, 5.41) is 25.6. The quantitative estimate of drug-likeness (QED) is 0.0702. The second-order valence-electron chi connectivity index (χ2n) is 22.1. The summed E-state index contributed by atoms with van der Waals surface area (Å²) in [6, 6.07) is 15.0. The molecule has 0 unspecified atom stereocenters. The Balaban J connectivity index is 0.000000226. The van der Waals surface area contributed by atoms with Crippen LogP contribution in [0, 0.1) is 35.5 Å². The molecule has 0 saturated heterocycles. The first-order chi connectivity index (χ1) is 36.7. The van der Waals surface area contributed by atoms with Gasteiger partial charge in [-0.15, -0.1) is 22.7 Å². The average molecular weight is 1170 g/mol. The van der Waals surface area contributed by atoms with E-state index >= 15 is 0 Å². The summed E-state index contributed by atoms with van der Waals surface area (Å²) in [6.45, 7) is 13.8. The van der Waals surface area contributed by atoms with Crippen molar-refractivity contribution in [3.8, 4) is 0 Å². The van der Waals surface area contributed by atoms with Crippen molar-refractivity contribution in [1.82, 2.24) is 20.4 Å². The fourth-order valence-corrected chi connectivity index (χ4v) is 16.3. The zero-order valence-electron chi connectivity index (χ0n) is 45.0. The molecule has 432 valence electrons. The fraction of sp³-hybridized carbons (Fsp3) is 0.607. The van der Waals surface area contributed by atoms with Gasteiger partial charge in [-0.1, -0.05) is 65.8 Å². The summed E-state index contributed by atoms with van der Waals surface area (Å²) in [4.78, 5) is 34.7. The van der Waals surface area contributed by atoms with Crippen LogP contribution in [0.5, 0.6) is 0 Å². The Hall–Kier alpha value is -3.90. The number of aliphatic hydroxyl groups is 2. The van der Waals surface area contributed by atoms with Gasteiger partial charge in [0, 0.05) is 48.0 Å². The number of thiophene rings is 2. The van der Waals surface area contributed by atoms with Crippen LogP contribution >= 0.6 is 22.7 Å². The largest absolute Gasteiger partial charge is 0.394 e. The molecule has 0 radical (unpaired) electrons. The maximum atomic E-state index is 13.1. The van der Waals surface area contributed by atoms with Crippen LogP contribution in [0.15, 0.2) is 70.5 Å². The van der Waals surface area contributed by atoms with Gasteiger partial charge in [-0.05, 0) is 134 Å². The molecular formula is C56H74F6N4O8S4. The maximum absolute atomic E-state index is 13.1. The van der Waals surface area contributed by atoms with Gasteiger partial charge in [0.25, 0.3) is 11.8 Å². The van der Waals surface area contributed by atoms with Crippen molar-refractivity contribution in [2.45, 2.75) is 152 Å². The highest BCUT2D eigenvalue weighted by atomic mass is 32.2. The van der Waals surface area contributed by atoms with Crippen LogP contribution in [0.25, 0.3) is 0 Å². The SMILES string of the molecule is CCS(=O)(=O)c1ccc([C@H](CO)NC(=O)c2cc3c(s2)[C@@H](C(C)C)N(CC2CCC(C(F)(F)F)CC2)C3)cc1.CCS(=O)(=O)c1ccc([C@H](CO)NC(=O)c2cc3c(s2)[C@H](C(C)C)N(CC2CCC(C(F)(F)F)CC2)C3)cc1. The van der Waals surface area contributed by atoms with Gasteiger partial charge in [0.15, 0.2) is 19.7 Å². The molecule has 4 aromatic rings. The van der Waals surface area contributed by atoms with Crippen molar-refractivity contribution >= 4 is 54.2 Å². The maximum Gasteiger partial charge on any atom is 0.391 e. The Labute approximate surface area is 463 Å². The number of rotatable bonds is 18. The molecule has 4 heterocycles. The Morgan fingerprint density at radius 1 is 0.577 bits per heavy atom. The van der Waals surface area contributed by atoms with Crippen molar-refractivity contribution in [2.24, 2.45) is 35.5 Å². The Bertz CT molecular complexity index is 2700. The van der Waals surface area contributed by atoms with Crippen LogP contribution in [-0.4, -0.2) is 98.8 Å². The molecule has 78 heavy (non-hydrogen) atoms. The Kier molecular flexibility index (Phi) is 20.2. The number of aliphatic hydroxyl groups excluding tert-OH is 2. The first-order valence-electron chi connectivity index (χ1n) is 27.0. The number of alkyl halides is 6. The van der Waals surface area contributed by atoms with Gasteiger partial charge in [-0.3, -0.25) is 19.4 Å². The predicted molar refractivity (Wildman–Crippen MR) is 291 cm³/mol. The first-order valence-corrected chi connectivity index (χ1v) is 32.0. The molecule has 4 N–H and O–H groups in total. The number of hydrogen-bond acceptors (Lipinski definition) is 12. The van der Waals surface area contributed by atoms with E-state index in [0.29, 0.717) is 59.7 Å². The molecule has 8 rings (SSSR count). The van der Waals surface area contributed by atoms with Gasteiger partial charge in [0.2, 0.25) is 0 Å². The van der Waals surface area contributed by atoms with Gasteiger partial charge in [0.1, 0.15) is 0 Å². The van der Waals surface area contributed by atoms with Crippen molar-refractivity contribution in [3.05, 3.63) is 102 Å². The van der Waals surface area contributed by atoms with E-state index in [-0.39, 0.29) is 108 Å². The van der Waals surface area contributed by atoms with E-state index in [1.54, 1.807) is 38.1 Å². The van der Waals surface area contributed by atoms with E-state index in [2.05, 4.69) is 48.1 Å². The van der Waals surface area contributed by atoms with Crippen LogP contribution in [0.4, 0.5) is 26.3 Å². The molecule has 0 bridgehead atoms. The minimum atomic E-state index is -4.10.